The van der Waals surface area contributed by atoms with E-state index in [1.54, 1.807) is 18.3 Å². The number of hydrogen-bond donors (Lipinski definition) is 2. The largest absolute Gasteiger partial charge is 0.393 e. The van der Waals surface area contributed by atoms with E-state index in [2.05, 4.69) is 15.3 Å². The number of anilines is 1. The van der Waals surface area contributed by atoms with Crippen LogP contribution < -0.4 is 5.32 Å². The lowest BCUT2D eigenvalue weighted by molar-refractivity contribution is 0.0339. The van der Waals surface area contributed by atoms with E-state index in [9.17, 15) is 9.50 Å². The summed E-state index contributed by atoms with van der Waals surface area (Å²) in [5.41, 5.74) is 1.98. The molecule has 0 aliphatic heterocycles. The fourth-order valence-electron chi connectivity index (χ4n) is 2.87. The molecule has 0 unspecified atom stereocenters. The van der Waals surface area contributed by atoms with Crippen LogP contribution in [-0.2, 0) is 0 Å². The number of hydrogen-bond acceptors (Lipinski definition) is 4. The number of aliphatic hydroxyl groups is 1. The van der Waals surface area contributed by atoms with Gasteiger partial charge in [0, 0.05) is 11.8 Å². The van der Waals surface area contributed by atoms with Gasteiger partial charge in [-0.25, -0.2) is 14.4 Å². The molecule has 22 heavy (non-hydrogen) atoms. The molecule has 116 valence electrons. The third-order valence-electron chi connectivity index (χ3n) is 4.23. The van der Waals surface area contributed by atoms with Crippen molar-refractivity contribution >= 4 is 5.82 Å². The summed E-state index contributed by atoms with van der Waals surface area (Å²) in [7, 11) is 0. The summed E-state index contributed by atoms with van der Waals surface area (Å²) in [6.45, 7) is 3.81. The number of aliphatic hydroxyl groups excluding tert-OH is 1. The van der Waals surface area contributed by atoms with Crippen molar-refractivity contribution in [3.8, 4) is 0 Å². The maximum Gasteiger partial charge on any atom is 0.133 e. The molecule has 3 rings (SSSR count). The van der Waals surface area contributed by atoms with Crippen LogP contribution in [-0.4, -0.2) is 21.2 Å². The Morgan fingerprint density at radius 2 is 1.91 bits per heavy atom. The van der Waals surface area contributed by atoms with Gasteiger partial charge in [0.15, 0.2) is 0 Å². The molecular weight excluding hydrogens is 281 g/mol. The Morgan fingerprint density at radius 1 is 1.23 bits per heavy atom. The summed E-state index contributed by atoms with van der Waals surface area (Å²) < 4.78 is 13.2. The van der Waals surface area contributed by atoms with Gasteiger partial charge < -0.3 is 10.4 Å². The molecule has 1 aromatic carbocycles. The van der Waals surface area contributed by atoms with Gasteiger partial charge in [-0.3, -0.25) is 0 Å². The van der Waals surface area contributed by atoms with Crippen molar-refractivity contribution in [3.05, 3.63) is 53.2 Å². The lowest BCUT2D eigenvalue weighted by atomic mass is 9.75. The van der Waals surface area contributed by atoms with Crippen molar-refractivity contribution in [2.45, 2.75) is 38.8 Å². The fourth-order valence-corrected chi connectivity index (χ4v) is 2.87. The van der Waals surface area contributed by atoms with E-state index in [1.165, 1.54) is 12.1 Å². The van der Waals surface area contributed by atoms with Gasteiger partial charge in [-0.05, 0) is 50.3 Å². The minimum absolute atomic E-state index is 0.0111. The molecule has 1 atom stereocenters. The van der Waals surface area contributed by atoms with Crippen LogP contribution in [0.15, 0.2) is 30.5 Å². The van der Waals surface area contributed by atoms with Gasteiger partial charge in [0.1, 0.15) is 17.5 Å². The molecule has 1 fully saturated rings. The lowest BCUT2D eigenvalue weighted by Crippen LogP contribution is -2.36. The molecule has 0 spiro atoms. The Balaban J connectivity index is 1.88. The Labute approximate surface area is 129 Å². The first kappa shape index (κ1) is 14.9. The molecule has 0 saturated heterocycles. The van der Waals surface area contributed by atoms with E-state index in [4.69, 9.17) is 0 Å². The van der Waals surface area contributed by atoms with Crippen molar-refractivity contribution in [2.24, 2.45) is 5.92 Å². The second kappa shape index (κ2) is 6.01. The average molecular weight is 301 g/mol. The second-order valence-electron chi connectivity index (χ2n) is 6.01. The molecule has 2 N–H and O–H groups in total. The van der Waals surface area contributed by atoms with Crippen LogP contribution in [0.2, 0.25) is 0 Å². The SMILES string of the molecule is Cc1ncc(C)c(N[C@H](c2ccc(F)cc2)C2CC(O)C2)n1. The normalized spacial score (nSPS) is 22.0. The lowest BCUT2D eigenvalue weighted by Gasteiger charge is -2.38. The first-order chi connectivity index (χ1) is 10.5. The molecule has 1 heterocycles. The Bertz CT molecular complexity index is 653. The molecule has 1 aromatic heterocycles. The highest BCUT2D eigenvalue weighted by Crippen LogP contribution is 2.40. The molecule has 4 nitrogen and oxygen atoms in total. The zero-order valence-corrected chi connectivity index (χ0v) is 12.8. The highest BCUT2D eigenvalue weighted by Gasteiger charge is 2.35. The van der Waals surface area contributed by atoms with Crippen LogP contribution in [0, 0.1) is 25.6 Å². The number of nitrogens with zero attached hydrogens (tertiary/aromatic N) is 2. The summed E-state index contributed by atoms with van der Waals surface area (Å²) in [5.74, 6) is 1.57. The van der Waals surface area contributed by atoms with E-state index in [-0.39, 0.29) is 18.0 Å². The average Bonchev–Trinajstić information content (AvgIpc) is 2.46. The smallest absolute Gasteiger partial charge is 0.133 e. The minimum atomic E-state index is -0.245. The molecule has 2 aromatic rings. The first-order valence-corrected chi connectivity index (χ1v) is 7.53. The maximum absolute atomic E-state index is 13.2. The molecule has 0 radical (unpaired) electrons. The Hall–Kier alpha value is -2.01. The van der Waals surface area contributed by atoms with Gasteiger partial charge in [-0.15, -0.1) is 0 Å². The van der Waals surface area contributed by atoms with Crippen LogP contribution in [0.5, 0.6) is 0 Å². The third-order valence-corrected chi connectivity index (χ3v) is 4.23. The summed E-state index contributed by atoms with van der Waals surface area (Å²) in [5, 5.41) is 13.1. The molecular formula is C17H20FN3O. The summed E-state index contributed by atoms with van der Waals surface area (Å²) >= 11 is 0. The van der Waals surface area contributed by atoms with Gasteiger partial charge in [0.05, 0.1) is 12.1 Å². The highest BCUT2D eigenvalue weighted by molar-refractivity contribution is 5.45. The van der Waals surface area contributed by atoms with Gasteiger partial charge >= 0.3 is 0 Å². The molecule has 1 aliphatic rings. The standard InChI is InChI=1S/C17H20FN3O/c1-10-9-19-11(2)20-17(10)21-16(13-7-15(22)8-13)12-3-5-14(18)6-4-12/h3-6,9,13,15-16,22H,7-8H2,1-2H3,(H,19,20,21)/t13?,15?,16-/m1/s1. The summed E-state index contributed by atoms with van der Waals surface area (Å²) in [6.07, 6.45) is 3.06. The number of benzene rings is 1. The van der Waals surface area contributed by atoms with Crippen LogP contribution in [0.1, 0.15) is 35.8 Å². The second-order valence-corrected chi connectivity index (χ2v) is 6.01. The fraction of sp³-hybridized carbons (Fsp3) is 0.412. The quantitative estimate of drug-likeness (QED) is 0.911. The van der Waals surface area contributed by atoms with E-state index >= 15 is 0 Å². The van der Waals surface area contributed by atoms with Crippen LogP contribution in [0.25, 0.3) is 0 Å². The molecule has 5 heteroatoms. The van der Waals surface area contributed by atoms with Gasteiger partial charge in [-0.1, -0.05) is 12.1 Å². The summed E-state index contributed by atoms with van der Waals surface area (Å²) in [6, 6.07) is 6.54. The zero-order valence-electron chi connectivity index (χ0n) is 12.8. The predicted molar refractivity (Wildman–Crippen MR) is 83.0 cm³/mol. The van der Waals surface area contributed by atoms with Crippen molar-refractivity contribution in [2.75, 3.05) is 5.32 Å². The van der Waals surface area contributed by atoms with Gasteiger partial charge in [0.2, 0.25) is 0 Å². The first-order valence-electron chi connectivity index (χ1n) is 7.53. The topological polar surface area (TPSA) is 58.0 Å². The molecule has 0 amide bonds. The van der Waals surface area contributed by atoms with Crippen molar-refractivity contribution < 1.29 is 9.50 Å². The predicted octanol–water partition coefficient (Wildman–Crippen LogP) is 3.16. The monoisotopic (exact) mass is 301 g/mol. The van der Waals surface area contributed by atoms with Crippen molar-refractivity contribution in [1.82, 2.24) is 9.97 Å². The van der Waals surface area contributed by atoms with Crippen LogP contribution in [0.3, 0.4) is 0 Å². The molecule has 1 saturated carbocycles. The highest BCUT2D eigenvalue weighted by atomic mass is 19.1. The van der Waals surface area contributed by atoms with Gasteiger partial charge in [-0.2, -0.15) is 0 Å². The number of aromatic nitrogens is 2. The zero-order chi connectivity index (χ0) is 15.7. The number of rotatable bonds is 4. The van der Waals surface area contributed by atoms with Crippen LogP contribution >= 0.6 is 0 Å². The van der Waals surface area contributed by atoms with Gasteiger partial charge in [0.25, 0.3) is 0 Å². The van der Waals surface area contributed by atoms with Crippen molar-refractivity contribution in [1.29, 1.82) is 0 Å². The minimum Gasteiger partial charge on any atom is -0.393 e. The molecule has 1 aliphatic carbocycles. The maximum atomic E-state index is 13.2. The van der Waals surface area contributed by atoms with Crippen LogP contribution in [0.4, 0.5) is 10.2 Å². The third kappa shape index (κ3) is 3.09. The summed E-state index contributed by atoms with van der Waals surface area (Å²) in [4.78, 5) is 8.64. The number of halogens is 1. The number of aryl methyl sites for hydroxylation is 2. The van der Waals surface area contributed by atoms with E-state index < -0.39 is 0 Å². The van der Waals surface area contributed by atoms with Crippen molar-refractivity contribution in [3.63, 3.8) is 0 Å². The Kier molecular flexibility index (Phi) is 4.07. The Morgan fingerprint density at radius 3 is 2.55 bits per heavy atom. The van der Waals surface area contributed by atoms with E-state index in [1.807, 2.05) is 13.8 Å². The number of nitrogens with one attached hydrogen (secondary N) is 1. The van der Waals surface area contributed by atoms with E-state index in [0.29, 0.717) is 11.7 Å². The van der Waals surface area contributed by atoms with E-state index in [0.717, 1.165) is 29.8 Å². The molecule has 0 bridgehead atoms.